The van der Waals surface area contributed by atoms with E-state index in [1.807, 2.05) is 0 Å². The van der Waals surface area contributed by atoms with Gasteiger partial charge in [-0.15, -0.1) is 6.42 Å². The Morgan fingerprint density at radius 2 is 2.06 bits per heavy atom. The first-order valence-corrected chi connectivity index (χ1v) is 6.32. The molecule has 0 aromatic heterocycles. The van der Waals surface area contributed by atoms with Gasteiger partial charge >= 0.3 is 5.97 Å². The lowest BCUT2D eigenvalue weighted by molar-refractivity contribution is -0.145. The summed E-state index contributed by atoms with van der Waals surface area (Å²) in [4.78, 5) is 24.1. The minimum Gasteiger partial charge on any atom is -0.480 e. The van der Waals surface area contributed by atoms with Crippen LogP contribution >= 0.6 is 0 Å². The Kier molecular flexibility index (Phi) is 6.23. The number of hydrogen-bond acceptors (Lipinski definition) is 3. The van der Waals surface area contributed by atoms with E-state index in [0.717, 1.165) is 32.2 Å². The van der Waals surface area contributed by atoms with Crippen molar-refractivity contribution in [3.05, 3.63) is 0 Å². The molecule has 18 heavy (non-hydrogen) atoms. The van der Waals surface area contributed by atoms with Gasteiger partial charge in [0.05, 0.1) is 12.6 Å². The molecule has 0 radical (unpaired) electrons. The molecule has 1 unspecified atom stereocenters. The molecule has 1 heterocycles. The minimum atomic E-state index is -1.04. The third-order valence-corrected chi connectivity index (χ3v) is 3.03. The molecule has 1 amide bonds. The number of aliphatic carboxylic acids is 1. The molecule has 0 spiro atoms. The average Bonchev–Trinajstić information content (AvgIpc) is 2.26. The van der Waals surface area contributed by atoms with E-state index in [2.05, 4.69) is 11.2 Å². The lowest BCUT2D eigenvalue weighted by atomic mass is 10.0. The van der Waals surface area contributed by atoms with E-state index < -0.39 is 5.97 Å². The summed E-state index contributed by atoms with van der Waals surface area (Å²) in [7, 11) is 0. The smallest absolute Gasteiger partial charge is 0.323 e. The maximum Gasteiger partial charge on any atom is 0.323 e. The van der Waals surface area contributed by atoms with Gasteiger partial charge in [-0.3, -0.25) is 9.59 Å². The van der Waals surface area contributed by atoms with E-state index >= 15 is 0 Å². The second-order valence-corrected chi connectivity index (χ2v) is 4.50. The predicted octanol–water partition coefficient (Wildman–Crippen LogP) is 0.455. The number of terminal acetylenes is 1. The van der Waals surface area contributed by atoms with Crippen LogP contribution in [0.2, 0.25) is 0 Å². The zero-order valence-corrected chi connectivity index (χ0v) is 10.5. The van der Waals surface area contributed by atoms with Crippen LogP contribution < -0.4 is 5.32 Å². The Morgan fingerprint density at radius 3 is 2.72 bits per heavy atom. The van der Waals surface area contributed by atoms with Crippen LogP contribution in [0.15, 0.2) is 0 Å². The minimum absolute atomic E-state index is 0.0450. The Hall–Kier alpha value is -1.54. The monoisotopic (exact) mass is 252 g/mol. The van der Waals surface area contributed by atoms with Gasteiger partial charge in [0, 0.05) is 0 Å². The van der Waals surface area contributed by atoms with Gasteiger partial charge in [-0.2, -0.15) is 0 Å². The molecule has 1 aliphatic rings. The molecule has 0 aromatic carbocycles. The Morgan fingerprint density at radius 1 is 1.33 bits per heavy atom. The predicted molar refractivity (Wildman–Crippen MR) is 67.9 cm³/mol. The molecular formula is C13H20N2O3. The maximum atomic E-state index is 12.2. The standard InChI is InChI=1S/C13H20N2O3/c1-2-9-15(10-12(16)17)13(18)11-7-5-3-4-6-8-14-11/h1,11,14H,3-10H2,(H,16,17). The van der Waals surface area contributed by atoms with Crippen molar-refractivity contribution in [3.63, 3.8) is 0 Å². The van der Waals surface area contributed by atoms with Crippen LogP contribution in [0.4, 0.5) is 0 Å². The van der Waals surface area contributed by atoms with Crippen LogP contribution in [0, 0.1) is 12.3 Å². The Labute approximate surface area is 108 Å². The summed E-state index contributed by atoms with van der Waals surface area (Å²) in [6, 6.07) is -0.294. The van der Waals surface area contributed by atoms with Crippen molar-refractivity contribution in [3.8, 4) is 12.3 Å². The fourth-order valence-electron chi connectivity index (χ4n) is 2.12. The van der Waals surface area contributed by atoms with E-state index in [-0.39, 0.29) is 25.0 Å². The highest BCUT2D eigenvalue weighted by Gasteiger charge is 2.25. The quantitative estimate of drug-likeness (QED) is 0.713. The molecule has 100 valence electrons. The first-order chi connectivity index (χ1) is 8.65. The molecule has 1 fully saturated rings. The van der Waals surface area contributed by atoms with Gasteiger partial charge in [0.2, 0.25) is 5.91 Å². The van der Waals surface area contributed by atoms with Crippen molar-refractivity contribution in [2.45, 2.75) is 38.1 Å². The lowest BCUT2D eigenvalue weighted by Crippen LogP contribution is -2.48. The zero-order chi connectivity index (χ0) is 13.4. The van der Waals surface area contributed by atoms with Gasteiger partial charge in [0.1, 0.15) is 6.54 Å². The highest BCUT2D eigenvalue weighted by Crippen LogP contribution is 2.11. The summed E-state index contributed by atoms with van der Waals surface area (Å²) >= 11 is 0. The highest BCUT2D eigenvalue weighted by molar-refractivity contribution is 5.85. The van der Waals surface area contributed by atoms with Crippen molar-refractivity contribution >= 4 is 11.9 Å². The number of nitrogens with zero attached hydrogens (tertiary/aromatic N) is 1. The van der Waals surface area contributed by atoms with Gasteiger partial charge in [0.25, 0.3) is 0 Å². The molecule has 1 aliphatic heterocycles. The number of carbonyl (C=O) groups excluding carboxylic acids is 1. The first kappa shape index (κ1) is 14.5. The zero-order valence-electron chi connectivity index (χ0n) is 10.5. The normalized spacial score (nSPS) is 20.3. The molecule has 1 atom stereocenters. The Bertz CT molecular complexity index is 328. The number of nitrogens with one attached hydrogen (secondary N) is 1. The molecular weight excluding hydrogens is 232 g/mol. The van der Waals surface area contributed by atoms with E-state index in [9.17, 15) is 9.59 Å². The van der Waals surface area contributed by atoms with E-state index in [0.29, 0.717) is 0 Å². The second-order valence-electron chi connectivity index (χ2n) is 4.50. The van der Waals surface area contributed by atoms with Crippen molar-refractivity contribution in [2.75, 3.05) is 19.6 Å². The molecule has 1 rings (SSSR count). The van der Waals surface area contributed by atoms with Crippen LogP contribution in [-0.2, 0) is 9.59 Å². The molecule has 0 aromatic rings. The summed E-state index contributed by atoms with van der Waals surface area (Å²) < 4.78 is 0. The number of amides is 1. The van der Waals surface area contributed by atoms with Crippen LogP contribution in [0.5, 0.6) is 0 Å². The average molecular weight is 252 g/mol. The fourth-order valence-corrected chi connectivity index (χ4v) is 2.12. The van der Waals surface area contributed by atoms with Crippen molar-refractivity contribution in [2.24, 2.45) is 0 Å². The number of rotatable bonds is 4. The summed E-state index contributed by atoms with van der Waals surface area (Å²) in [5.41, 5.74) is 0. The summed E-state index contributed by atoms with van der Waals surface area (Å²) in [6.45, 7) is 0.512. The largest absolute Gasteiger partial charge is 0.480 e. The second kappa shape index (κ2) is 7.72. The van der Waals surface area contributed by atoms with Crippen molar-refractivity contribution in [1.29, 1.82) is 0 Å². The molecule has 2 N–H and O–H groups in total. The summed E-state index contributed by atoms with van der Waals surface area (Å²) in [6.07, 6.45) is 10.3. The number of carbonyl (C=O) groups is 2. The number of carboxylic acid groups (broad SMARTS) is 1. The van der Waals surface area contributed by atoms with Gasteiger partial charge < -0.3 is 15.3 Å². The van der Waals surface area contributed by atoms with Crippen LogP contribution in [0.3, 0.4) is 0 Å². The molecule has 0 saturated carbocycles. The molecule has 0 aliphatic carbocycles. The van der Waals surface area contributed by atoms with Crippen LogP contribution in [0.25, 0.3) is 0 Å². The summed E-state index contributed by atoms with van der Waals surface area (Å²) in [5, 5.41) is 12.0. The first-order valence-electron chi connectivity index (χ1n) is 6.32. The van der Waals surface area contributed by atoms with Crippen molar-refractivity contribution in [1.82, 2.24) is 10.2 Å². The molecule has 0 bridgehead atoms. The maximum absolute atomic E-state index is 12.2. The number of hydrogen-bond donors (Lipinski definition) is 2. The summed E-state index contributed by atoms with van der Waals surface area (Å²) in [5.74, 6) is 1.10. The topological polar surface area (TPSA) is 69.6 Å². The van der Waals surface area contributed by atoms with Crippen molar-refractivity contribution < 1.29 is 14.7 Å². The third kappa shape index (κ3) is 4.76. The molecule has 1 saturated heterocycles. The number of carboxylic acids is 1. The van der Waals surface area contributed by atoms with Crippen LogP contribution in [-0.4, -0.2) is 47.6 Å². The van der Waals surface area contributed by atoms with Gasteiger partial charge in [-0.05, 0) is 19.4 Å². The third-order valence-electron chi connectivity index (χ3n) is 3.03. The van der Waals surface area contributed by atoms with Crippen LogP contribution in [0.1, 0.15) is 32.1 Å². The van der Waals surface area contributed by atoms with Gasteiger partial charge in [0.15, 0.2) is 0 Å². The fraction of sp³-hybridized carbons (Fsp3) is 0.692. The molecule has 5 nitrogen and oxygen atoms in total. The van der Waals surface area contributed by atoms with E-state index in [4.69, 9.17) is 11.5 Å². The van der Waals surface area contributed by atoms with Gasteiger partial charge in [-0.25, -0.2) is 0 Å². The highest BCUT2D eigenvalue weighted by atomic mass is 16.4. The van der Waals surface area contributed by atoms with E-state index in [1.54, 1.807) is 0 Å². The molecule has 5 heteroatoms. The Balaban J connectivity index is 2.61. The van der Waals surface area contributed by atoms with E-state index in [1.165, 1.54) is 11.3 Å². The lowest BCUT2D eigenvalue weighted by Gasteiger charge is -2.26. The SMILES string of the molecule is C#CCN(CC(=O)O)C(=O)C1CCCCCCN1. The van der Waals surface area contributed by atoms with Gasteiger partial charge in [-0.1, -0.05) is 25.2 Å².